The average Bonchev–Trinajstić information content (AvgIpc) is 1.79. The van der Waals surface area contributed by atoms with Gasteiger partial charge in [-0.25, -0.2) is 18.1 Å². The Morgan fingerprint density at radius 2 is 2.00 bits per heavy atom. The van der Waals surface area contributed by atoms with Gasteiger partial charge >= 0.3 is 13.1 Å². The van der Waals surface area contributed by atoms with Gasteiger partial charge in [0, 0.05) is 0 Å². The Morgan fingerprint density at radius 1 is 1.50 bits per heavy atom. The minimum Gasteiger partial charge on any atom is -0.360 e. The van der Waals surface area contributed by atoms with Crippen molar-refractivity contribution >= 4 is 19.4 Å². The van der Waals surface area contributed by atoms with Crippen LogP contribution in [0.15, 0.2) is 0 Å². The molecular formula is C3H4ClO5P. The molecule has 0 aromatic heterocycles. The highest BCUT2D eigenvalue weighted by molar-refractivity contribution is 7.50. The van der Waals surface area contributed by atoms with E-state index in [0.29, 0.717) is 0 Å². The van der Waals surface area contributed by atoms with Crippen LogP contribution >= 0.6 is 19.4 Å². The van der Waals surface area contributed by atoms with E-state index in [2.05, 4.69) is 13.6 Å². The predicted octanol–water partition coefficient (Wildman–Crippen LogP) is 0.773. The molecule has 10 heavy (non-hydrogen) atoms. The molecule has 1 atom stereocenters. The average molecular weight is 186 g/mol. The van der Waals surface area contributed by atoms with Crippen molar-refractivity contribution in [3.8, 4) is 0 Å². The highest BCUT2D eigenvalue weighted by atomic mass is 35.5. The van der Waals surface area contributed by atoms with E-state index in [1.165, 1.54) is 6.92 Å². The molecule has 0 spiro atoms. The number of phosphoric acid groups is 1. The Kier molecular flexibility index (Phi) is 1.01. The molecule has 0 aromatic rings. The number of hydrogen-bond acceptors (Lipinski definition) is 5. The molecule has 0 aromatic carbocycles. The second-order valence-corrected chi connectivity index (χ2v) is 4.18. The first-order chi connectivity index (χ1) is 4.37. The molecule has 0 radical (unpaired) electrons. The number of phosphoric ester groups is 1. The Hall–Kier alpha value is 0.360. The normalized spacial score (nSPS) is 65.9. The van der Waals surface area contributed by atoms with Gasteiger partial charge in [-0.3, -0.25) is 0 Å². The van der Waals surface area contributed by atoms with Crippen LogP contribution in [0.4, 0.5) is 0 Å². The van der Waals surface area contributed by atoms with Crippen molar-refractivity contribution in [1.29, 1.82) is 0 Å². The van der Waals surface area contributed by atoms with Crippen LogP contribution in [0.5, 0.6) is 0 Å². The molecule has 7 heteroatoms. The monoisotopic (exact) mass is 186 g/mol. The van der Waals surface area contributed by atoms with Crippen LogP contribution in [0.1, 0.15) is 6.92 Å². The lowest BCUT2D eigenvalue weighted by atomic mass is 10.3. The molecule has 3 rings (SSSR count). The van der Waals surface area contributed by atoms with E-state index in [1.54, 1.807) is 0 Å². The number of aliphatic hydroxyl groups is 1. The van der Waals surface area contributed by atoms with Crippen LogP contribution in [0.2, 0.25) is 0 Å². The van der Waals surface area contributed by atoms with E-state index in [-0.39, 0.29) is 0 Å². The number of rotatable bonds is 0. The summed E-state index contributed by atoms with van der Waals surface area (Å²) in [4.78, 5) is 0. The van der Waals surface area contributed by atoms with Gasteiger partial charge in [-0.05, 0) is 6.92 Å². The molecule has 3 aliphatic heterocycles. The fourth-order valence-electron chi connectivity index (χ4n) is 0.773. The van der Waals surface area contributed by atoms with Crippen LogP contribution in [-0.2, 0) is 18.1 Å². The minimum atomic E-state index is -3.47. The Labute approximate surface area is 61.4 Å². The van der Waals surface area contributed by atoms with Crippen LogP contribution in [0, 0.1) is 0 Å². The molecule has 0 amide bonds. The third-order valence-electron chi connectivity index (χ3n) is 1.30. The molecule has 2 bridgehead atoms. The van der Waals surface area contributed by atoms with E-state index in [1.807, 2.05) is 0 Å². The van der Waals surface area contributed by atoms with Crippen molar-refractivity contribution in [2.45, 2.75) is 18.0 Å². The first-order valence-corrected chi connectivity index (χ1v) is 4.34. The summed E-state index contributed by atoms with van der Waals surface area (Å²) in [6.07, 6.45) is 0. The van der Waals surface area contributed by atoms with E-state index in [0.717, 1.165) is 0 Å². The third-order valence-corrected chi connectivity index (χ3v) is 3.56. The number of alkyl halides is 1. The van der Waals surface area contributed by atoms with Gasteiger partial charge in [-0.15, -0.1) is 0 Å². The summed E-state index contributed by atoms with van der Waals surface area (Å²) < 4.78 is 24.2. The zero-order valence-corrected chi connectivity index (χ0v) is 6.56. The van der Waals surface area contributed by atoms with Gasteiger partial charge in [-0.2, -0.15) is 0 Å². The van der Waals surface area contributed by atoms with Gasteiger partial charge in [0.15, 0.2) is 0 Å². The molecule has 3 fully saturated rings. The number of halogens is 1. The Bertz CT molecular complexity index is 224. The first kappa shape index (κ1) is 7.03. The van der Waals surface area contributed by atoms with Crippen LogP contribution in [0.25, 0.3) is 0 Å². The quantitative estimate of drug-likeness (QED) is 0.447. The Balaban J connectivity index is 2.41. The van der Waals surface area contributed by atoms with Crippen LogP contribution in [0.3, 0.4) is 0 Å². The molecule has 5 nitrogen and oxygen atoms in total. The lowest BCUT2D eigenvalue weighted by Gasteiger charge is -2.30. The van der Waals surface area contributed by atoms with Gasteiger partial charge in [-0.1, -0.05) is 11.6 Å². The zero-order chi connectivity index (χ0) is 7.62. The molecule has 0 aliphatic carbocycles. The highest BCUT2D eigenvalue weighted by Gasteiger charge is 2.77. The predicted molar refractivity (Wildman–Crippen MR) is 30.1 cm³/mol. The highest BCUT2D eigenvalue weighted by Crippen LogP contribution is 2.78. The SMILES string of the molecule is CC1(O)OP2(=O)OC1(Cl)O2. The summed E-state index contributed by atoms with van der Waals surface area (Å²) >= 11 is 5.42. The van der Waals surface area contributed by atoms with Gasteiger partial charge in [0.25, 0.3) is 0 Å². The lowest BCUT2D eigenvalue weighted by molar-refractivity contribution is -0.224. The molecule has 58 valence electrons. The minimum absolute atomic E-state index is 1.21. The fourth-order valence-corrected chi connectivity index (χ4v) is 2.93. The standard InChI is InChI=1S/C3H4ClO5P/c1-2(5)3(4)8-10(6,7-2)9-3/h5H,1H3. The third kappa shape index (κ3) is 0.605. The molecule has 3 aliphatic rings. The van der Waals surface area contributed by atoms with E-state index in [9.17, 15) is 4.57 Å². The van der Waals surface area contributed by atoms with E-state index >= 15 is 0 Å². The molecule has 0 saturated carbocycles. The summed E-state index contributed by atoms with van der Waals surface area (Å²) in [5.41, 5.74) is 0. The van der Waals surface area contributed by atoms with Gasteiger partial charge < -0.3 is 5.11 Å². The second-order valence-electron chi connectivity index (χ2n) is 2.24. The van der Waals surface area contributed by atoms with E-state index in [4.69, 9.17) is 16.7 Å². The van der Waals surface area contributed by atoms with Crippen molar-refractivity contribution in [3.05, 3.63) is 0 Å². The number of fused-ring (bicyclic) bond motifs is 1. The fraction of sp³-hybridized carbons (Fsp3) is 1.00. The lowest BCUT2D eigenvalue weighted by Crippen LogP contribution is -2.46. The molecule has 3 saturated heterocycles. The molecule has 3 heterocycles. The van der Waals surface area contributed by atoms with Gasteiger partial charge in [0.05, 0.1) is 0 Å². The molecular weight excluding hydrogens is 182 g/mol. The van der Waals surface area contributed by atoms with Crippen molar-refractivity contribution in [1.82, 2.24) is 0 Å². The van der Waals surface area contributed by atoms with Crippen LogP contribution < -0.4 is 0 Å². The topological polar surface area (TPSA) is 65.0 Å². The maximum Gasteiger partial charge on any atom is 0.485 e. The summed E-state index contributed by atoms with van der Waals surface area (Å²) in [5, 5.41) is 7.39. The maximum absolute atomic E-state index is 10.8. The van der Waals surface area contributed by atoms with Crippen molar-refractivity contribution in [3.63, 3.8) is 0 Å². The van der Waals surface area contributed by atoms with Crippen molar-refractivity contribution < 1.29 is 23.2 Å². The van der Waals surface area contributed by atoms with Gasteiger partial charge in [0.2, 0.25) is 5.79 Å². The maximum atomic E-state index is 10.8. The summed E-state index contributed by atoms with van der Waals surface area (Å²) in [5.74, 6) is -1.82. The summed E-state index contributed by atoms with van der Waals surface area (Å²) in [7, 11) is -3.47. The van der Waals surface area contributed by atoms with Crippen molar-refractivity contribution in [2.24, 2.45) is 0 Å². The van der Waals surface area contributed by atoms with Crippen molar-refractivity contribution in [2.75, 3.05) is 0 Å². The van der Waals surface area contributed by atoms with Crippen LogP contribution in [-0.4, -0.2) is 16.1 Å². The van der Waals surface area contributed by atoms with Gasteiger partial charge in [0.1, 0.15) is 0 Å². The Morgan fingerprint density at radius 3 is 2.10 bits per heavy atom. The summed E-state index contributed by atoms with van der Waals surface area (Å²) in [6, 6.07) is 0. The zero-order valence-electron chi connectivity index (χ0n) is 4.91. The molecule has 1 N–H and O–H groups in total. The largest absolute Gasteiger partial charge is 0.485 e. The number of hydrogen-bond donors (Lipinski definition) is 1. The van der Waals surface area contributed by atoms with E-state index < -0.39 is 18.9 Å². The second kappa shape index (κ2) is 1.43. The first-order valence-electron chi connectivity index (χ1n) is 2.51. The summed E-state index contributed by atoms with van der Waals surface area (Å²) in [6.45, 7) is 1.21. The smallest absolute Gasteiger partial charge is 0.360 e. The molecule has 1 unspecified atom stereocenters.